The topological polar surface area (TPSA) is 29.5 Å². The van der Waals surface area contributed by atoms with Crippen molar-refractivity contribution in [1.82, 2.24) is 0 Å². The minimum atomic E-state index is -0.653. The summed E-state index contributed by atoms with van der Waals surface area (Å²) >= 11 is 12.1. The molecule has 120 valence electrons. The van der Waals surface area contributed by atoms with Gasteiger partial charge in [-0.2, -0.15) is 0 Å². The van der Waals surface area contributed by atoms with Gasteiger partial charge in [-0.05, 0) is 44.0 Å². The van der Waals surface area contributed by atoms with Crippen LogP contribution in [0.4, 0.5) is 5.69 Å². The third-order valence-corrected chi connectivity index (χ3v) is 4.54. The molecule has 1 aliphatic rings. The highest BCUT2D eigenvalue weighted by atomic mass is 35.5. The predicted molar refractivity (Wildman–Crippen MR) is 93.6 cm³/mol. The monoisotopic (exact) mass is 349 g/mol. The maximum absolute atomic E-state index is 12.8. The normalized spacial score (nSPS) is 17.7. The van der Waals surface area contributed by atoms with E-state index in [0.29, 0.717) is 15.8 Å². The van der Waals surface area contributed by atoms with Crippen LogP contribution in [-0.2, 0) is 11.2 Å². The third kappa shape index (κ3) is 3.17. The Morgan fingerprint density at radius 3 is 2.78 bits per heavy atom. The Hall–Kier alpha value is -1.71. The van der Waals surface area contributed by atoms with Crippen LogP contribution in [-0.4, -0.2) is 18.1 Å². The zero-order valence-electron chi connectivity index (χ0n) is 12.9. The number of benzene rings is 2. The number of anilines is 1. The molecule has 2 aromatic carbocycles. The number of hydrogen-bond acceptors (Lipinski definition) is 2. The van der Waals surface area contributed by atoms with Crippen molar-refractivity contribution in [3.05, 3.63) is 58.1 Å². The first-order valence-corrected chi connectivity index (χ1v) is 8.25. The first kappa shape index (κ1) is 16.2. The van der Waals surface area contributed by atoms with Crippen molar-refractivity contribution in [2.24, 2.45) is 0 Å². The van der Waals surface area contributed by atoms with Crippen LogP contribution in [0.5, 0.6) is 5.75 Å². The fraction of sp³-hybridized carbons (Fsp3) is 0.278. The van der Waals surface area contributed by atoms with Crippen molar-refractivity contribution in [1.29, 1.82) is 0 Å². The van der Waals surface area contributed by atoms with Gasteiger partial charge in [-0.3, -0.25) is 4.79 Å². The van der Waals surface area contributed by atoms with Crippen molar-refractivity contribution in [3.8, 4) is 5.75 Å². The molecule has 0 saturated carbocycles. The van der Waals surface area contributed by atoms with Gasteiger partial charge in [-0.25, -0.2) is 0 Å². The summed E-state index contributed by atoms with van der Waals surface area (Å²) in [6.07, 6.45) is 0.201. The number of ether oxygens (including phenoxy) is 1. The van der Waals surface area contributed by atoms with Crippen LogP contribution in [0, 0.1) is 0 Å². The number of carbonyl (C=O) groups is 1. The number of fused-ring (bicyclic) bond motifs is 1. The lowest BCUT2D eigenvalue weighted by Crippen LogP contribution is -2.43. The zero-order chi connectivity index (χ0) is 16.6. The molecule has 3 nitrogen and oxygen atoms in total. The maximum Gasteiger partial charge on any atom is 0.268 e. The molecule has 0 fully saturated rings. The molecule has 0 saturated heterocycles. The van der Waals surface area contributed by atoms with Gasteiger partial charge in [0.15, 0.2) is 6.10 Å². The Morgan fingerprint density at radius 2 is 2.00 bits per heavy atom. The number of rotatable bonds is 3. The minimum Gasteiger partial charge on any atom is -0.479 e. The lowest BCUT2D eigenvalue weighted by Gasteiger charge is -2.26. The van der Waals surface area contributed by atoms with Gasteiger partial charge in [0.1, 0.15) is 5.75 Å². The van der Waals surface area contributed by atoms with Crippen LogP contribution in [0.3, 0.4) is 0 Å². The van der Waals surface area contributed by atoms with E-state index in [1.54, 1.807) is 30.0 Å². The van der Waals surface area contributed by atoms with Gasteiger partial charge in [-0.15, -0.1) is 0 Å². The molecule has 0 bridgehead atoms. The highest BCUT2D eigenvalue weighted by Gasteiger charge is 2.34. The number of halogens is 2. The Labute approximate surface area is 145 Å². The van der Waals surface area contributed by atoms with E-state index in [0.717, 1.165) is 12.1 Å². The fourth-order valence-corrected chi connectivity index (χ4v) is 3.23. The van der Waals surface area contributed by atoms with Crippen molar-refractivity contribution in [2.45, 2.75) is 32.4 Å². The predicted octanol–water partition coefficient (Wildman–Crippen LogP) is 4.74. The lowest BCUT2D eigenvalue weighted by atomic mass is 10.1. The van der Waals surface area contributed by atoms with Crippen LogP contribution in [0.25, 0.3) is 0 Å². The number of para-hydroxylation sites is 1. The van der Waals surface area contributed by atoms with Gasteiger partial charge in [-0.1, -0.05) is 41.4 Å². The van der Waals surface area contributed by atoms with Gasteiger partial charge in [0.05, 0.1) is 5.02 Å². The molecule has 0 radical (unpaired) electrons. The Balaban J connectivity index is 1.81. The summed E-state index contributed by atoms with van der Waals surface area (Å²) in [5.74, 6) is 0.332. The Morgan fingerprint density at radius 1 is 1.26 bits per heavy atom. The molecule has 1 aliphatic heterocycles. The molecule has 0 aliphatic carbocycles. The molecule has 2 atom stereocenters. The molecule has 3 rings (SSSR count). The van der Waals surface area contributed by atoms with Crippen molar-refractivity contribution in [3.63, 3.8) is 0 Å². The third-order valence-electron chi connectivity index (χ3n) is 3.99. The largest absolute Gasteiger partial charge is 0.479 e. The van der Waals surface area contributed by atoms with E-state index in [-0.39, 0.29) is 11.9 Å². The molecule has 0 unspecified atom stereocenters. The van der Waals surface area contributed by atoms with E-state index in [2.05, 4.69) is 6.07 Å². The van der Waals surface area contributed by atoms with Gasteiger partial charge in [0.25, 0.3) is 5.91 Å². The molecule has 2 aromatic rings. The van der Waals surface area contributed by atoms with Crippen LogP contribution >= 0.6 is 23.2 Å². The first-order valence-electron chi connectivity index (χ1n) is 7.50. The standard InChI is InChI=1S/C18H17Cl2NO2/c1-11-9-13-5-3-4-6-16(13)21(11)18(22)12(2)23-17-10-14(19)7-8-15(17)20/h3-8,10-12H,9H2,1-2H3/t11-,12-/m0/s1. The van der Waals surface area contributed by atoms with Gasteiger partial charge < -0.3 is 9.64 Å². The van der Waals surface area contributed by atoms with Crippen molar-refractivity contribution >= 4 is 34.8 Å². The molecule has 5 heteroatoms. The molecular formula is C18H17Cl2NO2. The van der Waals surface area contributed by atoms with Crippen molar-refractivity contribution in [2.75, 3.05) is 4.90 Å². The summed E-state index contributed by atoms with van der Waals surface area (Å²) in [4.78, 5) is 14.6. The summed E-state index contributed by atoms with van der Waals surface area (Å²) in [7, 11) is 0. The first-order chi connectivity index (χ1) is 11.0. The zero-order valence-corrected chi connectivity index (χ0v) is 14.4. The number of nitrogens with zero attached hydrogens (tertiary/aromatic N) is 1. The quantitative estimate of drug-likeness (QED) is 0.800. The summed E-state index contributed by atoms with van der Waals surface area (Å²) in [5, 5.41) is 0.952. The van der Waals surface area contributed by atoms with Crippen LogP contribution in [0.15, 0.2) is 42.5 Å². The Bertz CT molecular complexity index is 748. The van der Waals surface area contributed by atoms with Crippen LogP contribution < -0.4 is 9.64 Å². The molecule has 1 amide bonds. The SMILES string of the molecule is C[C@H](Oc1cc(Cl)ccc1Cl)C(=O)N1c2ccccc2C[C@@H]1C. The lowest BCUT2D eigenvalue weighted by molar-refractivity contribution is -0.124. The summed E-state index contributed by atoms with van der Waals surface area (Å²) in [6, 6.07) is 13.0. The average Bonchev–Trinajstić information content (AvgIpc) is 2.86. The van der Waals surface area contributed by atoms with E-state index in [9.17, 15) is 4.79 Å². The Kier molecular flexibility index (Phi) is 4.51. The second-order valence-electron chi connectivity index (χ2n) is 5.72. The summed E-state index contributed by atoms with van der Waals surface area (Å²) in [5.41, 5.74) is 2.14. The summed E-state index contributed by atoms with van der Waals surface area (Å²) < 4.78 is 5.76. The van der Waals surface area contributed by atoms with E-state index < -0.39 is 6.10 Å². The number of amides is 1. The molecule has 0 aromatic heterocycles. The van der Waals surface area contributed by atoms with Gasteiger partial charge >= 0.3 is 0 Å². The highest BCUT2D eigenvalue weighted by Crippen LogP contribution is 2.33. The van der Waals surface area contributed by atoms with E-state index in [1.165, 1.54) is 5.56 Å². The second-order valence-corrected chi connectivity index (χ2v) is 6.57. The van der Waals surface area contributed by atoms with Crippen molar-refractivity contribution < 1.29 is 9.53 Å². The molecule has 0 spiro atoms. The second kappa shape index (κ2) is 6.42. The number of hydrogen-bond donors (Lipinski definition) is 0. The molecule has 1 heterocycles. The number of carbonyl (C=O) groups excluding carboxylic acids is 1. The summed E-state index contributed by atoms with van der Waals surface area (Å²) in [6.45, 7) is 3.77. The van der Waals surface area contributed by atoms with Gasteiger partial charge in [0.2, 0.25) is 0 Å². The fourth-order valence-electron chi connectivity index (χ4n) is 2.91. The molecule has 0 N–H and O–H groups in total. The van der Waals surface area contributed by atoms with Crippen LogP contribution in [0.1, 0.15) is 19.4 Å². The highest BCUT2D eigenvalue weighted by molar-refractivity contribution is 6.34. The molecular weight excluding hydrogens is 333 g/mol. The van der Waals surface area contributed by atoms with Crippen LogP contribution in [0.2, 0.25) is 10.0 Å². The molecule has 23 heavy (non-hydrogen) atoms. The average molecular weight is 350 g/mol. The maximum atomic E-state index is 12.8. The van der Waals surface area contributed by atoms with E-state index >= 15 is 0 Å². The van der Waals surface area contributed by atoms with Gasteiger partial charge in [0, 0.05) is 22.8 Å². The minimum absolute atomic E-state index is 0.0847. The van der Waals surface area contributed by atoms with E-state index in [4.69, 9.17) is 27.9 Å². The van der Waals surface area contributed by atoms with E-state index in [1.807, 2.05) is 25.1 Å². The smallest absolute Gasteiger partial charge is 0.268 e.